The molecule has 2 atom stereocenters. The van der Waals surface area contributed by atoms with Crippen LogP contribution < -0.4 is 5.32 Å². The Morgan fingerprint density at radius 2 is 1.93 bits per heavy atom. The Labute approximate surface area is 192 Å². The highest BCUT2D eigenvalue weighted by Gasteiger charge is 2.36. The number of guanidine groups is 1. The molecule has 6 heteroatoms. The molecule has 2 aliphatic heterocycles. The average molecular weight is 507 g/mol. The van der Waals surface area contributed by atoms with Gasteiger partial charge in [0, 0.05) is 58.7 Å². The Kier molecular flexibility index (Phi) is 8.00. The Bertz CT molecular complexity index is 788. The van der Waals surface area contributed by atoms with Crippen LogP contribution in [0.1, 0.15) is 30.4 Å². The van der Waals surface area contributed by atoms with Crippen molar-refractivity contribution < 1.29 is 0 Å². The minimum Gasteiger partial charge on any atom is -0.357 e. The number of fused-ring (bicyclic) bond motifs is 1. The van der Waals surface area contributed by atoms with Crippen molar-refractivity contribution in [2.24, 2.45) is 18.0 Å². The molecule has 2 aliphatic rings. The summed E-state index contributed by atoms with van der Waals surface area (Å²) in [5, 5.41) is 3.56. The topological polar surface area (TPSA) is 35.8 Å². The van der Waals surface area contributed by atoms with Gasteiger partial charge in [-0.05, 0) is 48.9 Å². The van der Waals surface area contributed by atoms with E-state index in [-0.39, 0.29) is 24.0 Å². The largest absolute Gasteiger partial charge is 0.357 e. The molecule has 29 heavy (non-hydrogen) atoms. The fourth-order valence-electron chi connectivity index (χ4n) is 4.89. The zero-order valence-corrected chi connectivity index (χ0v) is 20.0. The number of rotatable bonds is 4. The summed E-state index contributed by atoms with van der Waals surface area (Å²) in [7, 11) is 3.97. The van der Waals surface area contributed by atoms with E-state index in [1.165, 1.54) is 36.9 Å². The summed E-state index contributed by atoms with van der Waals surface area (Å²) in [5.41, 5.74) is 2.73. The summed E-state index contributed by atoms with van der Waals surface area (Å²) in [6, 6.07) is 13.8. The maximum absolute atomic E-state index is 4.57. The van der Waals surface area contributed by atoms with Gasteiger partial charge >= 0.3 is 0 Å². The molecule has 2 fully saturated rings. The zero-order valence-electron chi connectivity index (χ0n) is 17.6. The summed E-state index contributed by atoms with van der Waals surface area (Å²) in [4.78, 5) is 9.76. The van der Waals surface area contributed by atoms with Crippen LogP contribution in [0.4, 0.5) is 0 Å². The van der Waals surface area contributed by atoms with Gasteiger partial charge in [0.05, 0.1) is 0 Å². The number of piperidine rings is 2. The molecule has 5 nitrogen and oxygen atoms in total. The second-order valence-electron chi connectivity index (χ2n) is 8.25. The molecular formula is C23H34IN5. The van der Waals surface area contributed by atoms with Crippen LogP contribution in [0.3, 0.4) is 0 Å². The van der Waals surface area contributed by atoms with Crippen molar-refractivity contribution >= 4 is 29.9 Å². The second kappa shape index (κ2) is 10.5. The molecule has 1 N–H and O–H groups in total. The van der Waals surface area contributed by atoms with Gasteiger partial charge in [-0.2, -0.15) is 0 Å². The lowest BCUT2D eigenvalue weighted by atomic mass is 9.83. The monoisotopic (exact) mass is 507 g/mol. The lowest BCUT2D eigenvalue weighted by molar-refractivity contribution is 0.0372. The van der Waals surface area contributed by atoms with Gasteiger partial charge in [0.15, 0.2) is 5.96 Å². The molecule has 4 rings (SSSR count). The third-order valence-electron chi connectivity index (χ3n) is 6.27. The number of aliphatic imine (C=N–C) groups is 1. The molecule has 0 amide bonds. The molecule has 158 valence electrons. The van der Waals surface area contributed by atoms with E-state index in [2.05, 4.69) is 80.5 Å². The Hall–Kier alpha value is -1.54. The lowest BCUT2D eigenvalue weighted by Gasteiger charge is -2.48. The van der Waals surface area contributed by atoms with Gasteiger partial charge in [-0.3, -0.25) is 9.89 Å². The number of hydrogen-bond acceptors (Lipinski definition) is 2. The Morgan fingerprint density at radius 1 is 1.10 bits per heavy atom. The maximum Gasteiger partial charge on any atom is 0.193 e. The highest BCUT2D eigenvalue weighted by Crippen LogP contribution is 2.31. The molecule has 2 saturated heterocycles. The van der Waals surface area contributed by atoms with E-state index < -0.39 is 0 Å². The minimum atomic E-state index is 0. The van der Waals surface area contributed by atoms with Gasteiger partial charge in [0.1, 0.15) is 0 Å². The molecule has 0 saturated carbocycles. The third-order valence-corrected chi connectivity index (χ3v) is 6.27. The SMILES string of the molecule is CN=C(NCc1ccn(C)c1)N1CCC2C(CCCN2Cc2ccccc2)C1.I. The number of hydrogen-bond donors (Lipinski definition) is 1. The molecule has 2 unspecified atom stereocenters. The number of nitrogens with zero attached hydrogens (tertiary/aromatic N) is 4. The first-order valence-corrected chi connectivity index (χ1v) is 10.6. The first kappa shape index (κ1) is 22.2. The maximum atomic E-state index is 4.57. The Balaban J connectivity index is 0.00000240. The standard InChI is InChI=1S/C23H33N5.HI/c1-24-23(25-15-20-10-13-26(2)16-20)28-14-11-22-21(18-28)9-6-12-27(22)17-19-7-4-3-5-8-19;/h3-5,7-8,10,13,16,21-22H,6,9,11-12,14-15,17-18H2,1-2H3,(H,24,25);1H. The first-order valence-electron chi connectivity index (χ1n) is 10.6. The van der Waals surface area contributed by atoms with Gasteiger partial charge in [-0.15, -0.1) is 24.0 Å². The highest BCUT2D eigenvalue weighted by molar-refractivity contribution is 14.0. The van der Waals surface area contributed by atoms with E-state index in [9.17, 15) is 0 Å². The predicted molar refractivity (Wildman–Crippen MR) is 131 cm³/mol. The number of likely N-dealkylation sites (tertiary alicyclic amines) is 2. The van der Waals surface area contributed by atoms with E-state index >= 15 is 0 Å². The van der Waals surface area contributed by atoms with Crippen LogP contribution in [0.25, 0.3) is 0 Å². The summed E-state index contributed by atoms with van der Waals surface area (Å²) in [6.07, 6.45) is 8.12. The summed E-state index contributed by atoms with van der Waals surface area (Å²) in [5.74, 6) is 1.78. The number of nitrogens with one attached hydrogen (secondary N) is 1. The minimum absolute atomic E-state index is 0. The smallest absolute Gasteiger partial charge is 0.193 e. The summed E-state index contributed by atoms with van der Waals surface area (Å²) >= 11 is 0. The van der Waals surface area contributed by atoms with Crippen LogP contribution in [0.5, 0.6) is 0 Å². The molecule has 0 aliphatic carbocycles. The van der Waals surface area contributed by atoms with Crippen molar-refractivity contribution in [1.29, 1.82) is 0 Å². The van der Waals surface area contributed by atoms with Gasteiger partial charge < -0.3 is 14.8 Å². The normalized spacial score (nSPS) is 22.7. The van der Waals surface area contributed by atoms with Crippen LogP contribution in [0, 0.1) is 5.92 Å². The third kappa shape index (κ3) is 5.54. The summed E-state index contributed by atoms with van der Waals surface area (Å²) in [6.45, 7) is 5.35. The number of aromatic nitrogens is 1. The average Bonchev–Trinajstić information content (AvgIpc) is 3.14. The fourth-order valence-corrected chi connectivity index (χ4v) is 4.89. The first-order chi connectivity index (χ1) is 13.7. The van der Waals surface area contributed by atoms with Crippen molar-refractivity contribution in [3.63, 3.8) is 0 Å². The van der Waals surface area contributed by atoms with Gasteiger partial charge in [-0.25, -0.2) is 0 Å². The van der Waals surface area contributed by atoms with Crippen LogP contribution in [-0.2, 0) is 20.1 Å². The van der Waals surface area contributed by atoms with Crippen LogP contribution >= 0.6 is 24.0 Å². The van der Waals surface area contributed by atoms with Crippen LogP contribution in [-0.4, -0.2) is 53.1 Å². The van der Waals surface area contributed by atoms with Crippen molar-refractivity contribution in [3.8, 4) is 0 Å². The Morgan fingerprint density at radius 3 is 2.66 bits per heavy atom. The molecule has 1 aromatic carbocycles. The van der Waals surface area contributed by atoms with E-state index in [1.54, 1.807) is 0 Å². The molecule has 2 aromatic rings. The van der Waals surface area contributed by atoms with Crippen LogP contribution in [0.15, 0.2) is 53.8 Å². The van der Waals surface area contributed by atoms with Crippen molar-refractivity contribution in [3.05, 3.63) is 59.9 Å². The molecule has 0 spiro atoms. The number of benzene rings is 1. The number of halogens is 1. The van der Waals surface area contributed by atoms with E-state index in [0.717, 1.165) is 38.1 Å². The fraction of sp³-hybridized carbons (Fsp3) is 0.522. The molecule has 0 bridgehead atoms. The highest BCUT2D eigenvalue weighted by atomic mass is 127. The van der Waals surface area contributed by atoms with Gasteiger partial charge in [-0.1, -0.05) is 30.3 Å². The van der Waals surface area contributed by atoms with E-state index in [4.69, 9.17) is 0 Å². The number of aryl methyl sites for hydroxylation is 1. The van der Waals surface area contributed by atoms with Crippen molar-refractivity contribution in [2.75, 3.05) is 26.7 Å². The lowest BCUT2D eigenvalue weighted by Crippen LogP contribution is -2.56. The predicted octanol–water partition coefficient (Wildman–Crippen LogP) is 3.71. The van der Waals surface area contributed by atoms with Crippen LogP contribution in [0.2, 0.25) is 0 Å². The summed E-state index contributed by atoms with van der Waals surface area (Å²) < 4.78 is 2.09. The quantitative estimate of drug-likeness (QED) is 0.390. The van der Waals surface area contributed by atoms with Gasteiger partial charge in [0.2, 0.25) is 0 Å². The van der Waals surface area contributed by atoms with Gasteiger partial charge in [0.25, 0.3) is 0 Å². The molecular weight excluding hydrogens is 473 g/mol. The zero-order chi connectivity index (χ0) is 19.3. The van der Waals surface area contributed by atoms with E-state index in [0.29, 0.717) is 6.04 Å². The molecule has 3 heterocycles. The molecule has 1 aromatic heterocycles. The van der Waals surface area contributed by atoms with Crippen molar-refractivity contribution in [2.45, 2.75) is 38.4 Å². The second-order valence-corrected chi connectivity index (χ2v) is 8.25. The van der Waals surface area contributed by atoms with Crippen molar-refractivity contribution in [1.82, 2.24) is 19.7 Å². The van der Waals surface area contributed by atoms with E-state index in [1.807, 2.05) is 7.05 Å². The molecule has 0 radical (unpaired) electrons.